The van der Waals surface area contributed by atoms with Crippen LogP contribution in [-0.4, -0.2) is 55.9 Å². The second-order valence-corrected chi connectivity index (χ2v) is 7.98. The van der Waals surface area contributed by atoms with Crippen LogP contribution in [0.15, 0.2) is 24.4 Å². The summed E-state index contributed by atoms with van der Waals surface area (Å²) < 4.78 is 18.5. The van der Waals surface area contributed by atoms with Gasteiger partial charge in [0.05, 0.1) is 30.8 Å². The molecule has 1 aliphatic rings. The first-order valence-electron chi connectivity index (χ1n) is 10.4. The van der Waals surface area contributed by atoms with Gasteiger partial charge in [-0.3, -0.25) is 14.6 Å². The van der Waals surface area contributed by atoms with Crippen LogP contribution < -0.4 is 10.1 Å². The highest BCUT2D eigenvalue weighted by Crippen LogP contribution is 2.32. The monoisotopic (exact) mass is 441 g/mol. The molecule has 4 rings (SSSR count). The number of hydrogen-bond donors (Lipinski definition) is 2. The van der Waals surface area contributed by atoms with Gasteiger partial charge in [0.2, 0.25) is 5.88 Å². The average molecular weight is 441 g/mol. The highest BCUT2D eigenvalue weighted by Gasteiger charge is 2.31. The summed E-state index contributed by atoms with van der Waals surface area (Å²) in [6, 6.07) is 5.37. The van der Waals surface area contributed by atoms with Crippen LogP contribution in [0.1, 0.15) is 59.7 Å². The molecule has 0 unspecified atom stereocenters. The number of amides is 1. The van der Waals surface area contributed by atoms with E-state index in [-0.39, 0.29) is 24.0 Å². The van der Waals surface area contributed by atoms with Crippen molar-refractivity contribution in [3.63, 3.8) is 0 Å². The first-order chi connectivity index (χ1) is 15.4. The van der Waals surface area contributed by atoms with E-state index in [9.17, 15) is 4.79 Å². The summed E-state index contributed by atoms with van der Waals surface area (Å²) in [7, 11) is 3.29. The van der Waals surface area contributed by atoms with Crippen molar-refractivity contribution in [2.75, 3.05) is 19.0 Å². The molecule has 0 aromatic carbocycles. The van der Waals surface area contributed by atoms with Gasteiger partial charge in [-0.05, 0) is 18.1 Å². The zero-order valence-corrected chi connectivity index (χ0v) is 18.5. The molecule has 3 aromatic rings. The number of carbonyl (C=O) groups is 1. The Labute approximate surface area is 185 Å². The van der Waals surface area contributed by atoms with Crippen LogP contribution in [0.5, 0.6) is 5.88 Å². The molecule has 32 heavy (non-hydrogen) atoms. The largest absolute Gasteiger partial charge is 0.471 e. The number of nitrogens with one attached hydrogen (secondary N) is 2. The molecule has 4 heterocycles. The number of aromatic amines is 1. The molecule has 170 valence electrons. The quantitative estimate of drug-likeness (QED) is 0.545. The van der Waals surface area contributed by atoms with E-state index in [1.54, 1.807) is 32.5 Å². The molecule has 0 saturated carbocycles. The van der Waals surface area contributed by atoms with Crippen LogP contribution in [0.25, 0.3) is 0 Å². The van der Waals surface area contributed by atoms with Crippen molar-refractivity contribution in [1.29, 1.82) is 0 Å². The second kappa shape index (κ2) is 9.45. The summed E-state index contributed by atoms with van der Waals surface area (Å²) in [6.07, 6.45) is 1.93. The van der Waals surface area contributed by atoms with Gasteiger partial charge in [0.15, 0.2) is 5.82 Å². The standard InChI is InChI=1S/C21H27N7O4/c1-12(2)15-5-6-22-26-21(15)32-14-8-18(31-11-14)16-9-19(25-24-16)23-20(29)17-7-13(10-30-4)27-28(17)3/h5-7,9,12,14,18H,8,10-11H2,1-4H3,(H2,23,24,25,29)/t14-,18-/m1/s1. The van der Waals surface area contributed by atoms with Crippen molar-refractivity contribution in [2.24, 2.45) is 7.05 Å². The van der Waals surface area contributed by atoms with Gasteiger partial charge in [-0.1, -0.05) is 13.8 Å². The maximum atomic E-state index is 12.6. The lowest BCUT2D eigenvalue weighted by atomic mass is 10.1. The predicted octanol–water partition coefficient (Wildman–Crippen LogP) is 2.36. The molecule has 0 radical (unpaired) electrons. The van der Waals surface area contributed by atoms with E-state index in [1.165, 1.54) is 4.68 Å². The van der Waals surface area contributed by atoms with E-state index in [0.717, 1.165) is 11.3 Å². The maximum absolute atomic E-state index is 12.6. The van der Waals surface area contributed by atoms with Gasteiger partial charge in [-0.2, -0.15) is 15.3 Å². The van der Waals surface area contributed by atoms with Gasteiger partial charge >= 0.3 is 0 Å². The predicted molar refractivity (Wildman–Crippen MR) is 114 cm³/mol. The molecule has 0 spiro atoms. The maximum Gasteiger partial charge on any atom is 0.275 e. The van der Waals surface area contributed by atoms with Gasteiger partial charge in [0, 0.05) is 32.2 Å². The fourth-order valence-electron chi connectivity index (χ4n) is 3.62. The van der Waals surface area contributed by atoms with E-state index in [2.05, 4.69) is 44.7 Å². The topological polar surface area (TPSA) is 129 Å². The molecule has 11 heteroatoms. The molecule has 2 atom stereocenters. The number of nitrogens with zero attached hydrogens (tertiary/aromatic N) is 5. The molecule has 0 aliphatic carbocycles. The summed E-state index contributed by atoms with van der Waals surface area (Å²) in [5.74, 6) is 0.919. The van der Waals surface area contributed by atoms with Crippen molar-refractivity contribution in [3.05, 3.63) is 47.0 Å². The van der Waals surface area contributed by atoms with E-state index >= 15 is 0 Å². The third-order valence-electron chi connectivity index (χ3n) is 5.22. The first kappa shape index (κ1) is 21.9. The SMILES string of the molecule is COCc1cc(C(=O)Nc2cc([C@H]3C[C@@H](Oc4nnccc4C(C)C)CO3)[nH]n2)n(C)n1. The molecule has 0 bridgehead atoms. The zero-order valence-electron chi connectivity index (χ0n) is 18.5. The Balaban J connectivity index is 1.37. The highest BCUT2D eigenvalue weighted by molar-refractivity contribution is 6.02. The zero-order chi connectivity index (χ0) is 22.7. The van der Waals surface area contributed by atoms with Gasteiger partial charge in [0.25, 0.3) is 5.91 Å². The molecule has 2 N–H and O–H groups in total. The highest BCUT2D eigenvalue weighted by atomic mass is 16.6. The Hall–Kier alpha value is -3.31. The number of anilines is 1. The van der Waals surface area contributed by atoms with Crippen molar-refractivity contribution >= 4 is 11.7 Å². The van der Waals surface area contributed by atoms with E-state index in [4.69, 9.17) is 14.2 Å². The second-order valence-electron chi connectivity index (χ2n) is 7.98. The normalized spacial score (nSPS) is 18.3. The average Bonchev–Trinajstić information content (AvgIpc) is 3.49. The fourth-order valence-corrected chi connectivity index (χ4v) is 3.62. The minimum Gasteiger partial charge on any atom is -0.471 e. The van der Waals surface area contributed by atoms with Crippen molar-refractivity contribution in [1.82, 2.24) is 30.2 Å². The number of ether oxygens (including phenoxy) is 3. The number of rotatable bonds is 8. The lowest BCUT2D eigenvalue weighted by Crippen LogP contribution is -2.18. The molecular weight excluding hydrogens is 414 g/mol. The van der Waals surface area contributed by atoms with E-state index in [0.29, 0.717) is 42.7 Å². The number of H-pyrrole nitrogens is 1. The molecule has 1 amide bonds. The lowest BCUT2D eigenvalue weighted by molar-refractivity contribution is 0.0905. The van der Waals surface area contributed by atoms with Crippen molar-refractivity contribution in [2.45, 2.75) is 45.0 Å². The van der Waals surface area contributed by atoms with Crippen LogP contribution in [0.2, 0.25) is 0 Å². The summed E-state index contributed by atoms with van der Waals surface area (Å²) in [6.45, 7) is 4.93. The van der Waals surface area contributed by atoms with Crippen LogP contribution in [0, 0.1) is 0 Å². The number of carbonyl (C=O) groups excluding carboxylic acids is 1. The molecule has 1 fully saturated rings. The van der Waals surface area contributed by atoms with E-state index < -0.39 is 0 Å². The number of aryl methyl sites for hydroxylation is 1. The van der Waals surface area contributed by atoms with Gasteiger partial charge < -0.3 is 19.5 Å². The Bertz CT molecular complexity index is 1080. The minimum absolute atomic E-state index is 0.149. The summed E-state index contributed by atoms with van der Waals surface area (Å²) in [5, 5.41) is 22.2. The summed E-state index contributed by atoms with van der Waals surface area (Å²) in [5.41, 5.74) is 2.87. The third-order valence-corrected chi connectivity index (χ3v) is 5.22. The fraction of sp³-hybridized carbons (Fsp3) is 0.476. The minimum atomic E-state index is -0.308. The third kappa shape index (κ3) is 4.78. The molecular formula is C21H27N7O4. The summed E-state index contributed by atoms with van der Waals surface area (Å²) >= 11 is 0. The van der Waals surface area contributed by atoms with Crippen LogP contribution in [0.4, 0.5) is 5.82 Å². The Morgan fingerprint density at radius 3 is 3.03 bits per heavy atom. The van der Waals surface area contributed by atoms with Crippen LogP contribution >= 0.6 is 0 Å². The number of hydrogen-bond acceptors (Lipinski definition) is 8. The lowest BCUT2D eigenvalue weighted by Gasteiger charge is -2.15. The van der Waals surface area contributed by atoms with Gasteiger partial charge in [-0.15, -0.1) is 5.10 Å². The van der Waals surface area contributed by atoms with Crippen molar-refractivity contribution < 1.29 is 19.0 Å². The van der Waals surface area contributed by atoms with E-state index in [1.807, 2.05) is 6.07 Å². The van der Waals surface area contributed by atoms with Crippen molar-refractivity contribution in [3.8, 4) is 5.88 Å². The molecule has 11 nitrogen and oxygen atoms in total. The Morgan fingerprint density at radius 1 is 1.41 bits per heavy atom. The van der Waals surface area contributed by atoms with Crippen LogP contribution in [-0.2, 0) is 23.1 Å². The Morgan fingerprint density at radius 2 is 2.25 bits per heavy atom. The molecule has 1 saturated heterocycles. The first-order valence-corrected chi connectivity index (χ1v) is 10.4. The molecule has 1 aliphatic heterocycles. The Kier molecular flexibility index (Phi) is 6.47. The van der Waals surface area contributed by atoms with Gasteiger partial charge in [-0.25, -0.2) is 0 Å². The molecule has 3 aromatic heterocycles. The van der Waals surface area contributed by atoms with Gasteiger partial charge in [0.1, 0.15) is 17.9 Å². The van der Waals surface area contributed by atoms with Crippen LogP contribution in [0.3, 0.4) is 0 Å². The summed E-state index contributed by atoms with van der Waals surface area (Å²) in [4.78, 5) is 12.6. The number of aromatic nitrogens is 6. The number of methoxy groups -OCH3 is 1. The smallest absolute Gasteiger partial charge is 0.275 e.